The third-order valence-electron chi connectivity index (χ3n) is 4.31. The van der Waals surface area contributed by atoms with Crippen LogP contribution < -0.4 is 0 Å². The van der Waals surface area contributed by atoms with Gasteiger partial charge in [0.2, 0.25) is 0 Å². The van der Waals surface area contributed by atoms with Crippen molar-refractivity contribution in [3.63, 3.8) is 0 Å². The molecule has 0 aliphatic rings. The number of likely N-dealkylation sites (N-methyl/N-ethyl adjacent to an activating group) is 1. The quantitative estimate of drug-likeness (QED) is 0.763. The molecule has 23 heavy (non-hydrogen) atoms. The number of aliphatic hydroxyl groups excluding tert-OH is 1. The fourth-order valence-electron chi connectivity index (χ4n) is 3.22. The maximum Gasteiger partial charge on any atom is 0.0871 e. The second kappa shape index (κ2) is 6.95. The molecule has 0 amide bonds. The maximum atomic E-state index is 11.0. The van der Waals surface area contributed by atoms with Gasteiger partial charge in [0.15, 0.2) is 0 Å². The van der Waals surface area contributed by atoms with Crippen LogP contribution >= 0.6 is 0 Å². The van der Waals surface area contributed by atoms with Crippen molar-refractivity contribution in [3.8, 4) is 0 Å². The molecule has 0 heterocycles. The van der Waals surface area contributed by atoms with E-state index in [0.29, 0.717) is 0 Å². The summed E-state index contributed by atoms with van der Waals surface area (Å²) in [5.74, 6) is 0.0264. The molecule has 2 heteroatoms. The molecule has 0 saturated heterocycles. The second-order valence-electron chi connectivity index (χ2n) is 6.29. The van der Waals surface area contributed by atoms with E-state index in [1.165, 1.54) is 16.3 Å². The Bertz CT molecular complexity index is 762. The highest BCUT2D eigenvalue weighted by Crippen LogP contribution is 2.35. The Balaban J connectivity index is 2.08. The molecule has 1 N–H and O–H groups in total. The Labute approximate surface area is 138 Å². The first kappa shape index (κ1) is 15.7. The Morgan fingerprint density at radius 3 is 2.22 bits per heavy atom. The van der Waals surface area contributed by atoms with Crippen LogP contribution in [0.25, 0.3) is 10.8 Å². The summed E-state index contributed by atoms with van der Waals surface area (Å²) in [6, 6.07) is 24.7. The average molecular weight is 305 g/mol. The zero-order valence-electron chi connectivity index (χ0n) is 13.7. The van der Waals surface area contributed by atoms with Crippen LogP contribution in [0.15, 0.2) is 72.8 Å². The molecule has 0 aliphatic heterocycles. The topological polar surface area (TPSA) is 23.5 Å². The molecule has 3 aromatic rings. The van der Waals surface area contributed by atoms with Gasteiger partial charge < -0.3 is 10.0 Å². The van der Waals surface area contributed by atoms with Gasteiger partial charge in [-0.15, -0.1) is 0 Å². The van der Waals surface area contributed by atoms with E-state index in [-0.39, 0.29) is 5.92 Å². The van der Waals surface area contributed by atoms with Crippen molar-refractivity contribution in [1.29, 1.82) is 0 Å². The lowest BCUT2D eigenvalue weighted by Gasteiger charge is -2.28. The van der Waals surface area contributed by atoms with Crippen LogP contribution in [0.2, 0.25) is 0 Å². The van der Waals surface area contributed by atoms with Gasteiger partial charge in [-0.2, -0.15) is 0 Å². The molecule has 0 fully saturated rings. The molecule has 3 aromatic carbocycles. The number of aliphatic hydroxyl groups is 1. The summed E-state index contributed by atoms with van der Waals surface area (Å²) in [6.07, 6.45) is -0.524. The molecule has 2 nitrogen and oxygen atoms in total. The number of fused-ring (bicyclic) bond motifs is 1. The first-order valence-corrected chi connectivity index (χ1v) is 8.02. The molecule has 0 aromatic heterocycles. The fourth-order valence-corrected chi connectivity index (χ4v) is 3.22. The number of hydrogen-bond acceptors (Lipinski definition) is 2. The van der Waals surface area contributed by atoms with Gasteiger partial charge in [-0.1, -0.05) is 72.8 Å². The zero-order valence-corrected chi connectivity index (χ0v) is 13.7. The predicted octanol–water partition coefficient (Wildman–Crippen LogP) is 4.22. The second-order valence-corrected chi connectivity index (χ2v) is 6.29. The van der Waals surface area contributed by atoms with Crippen molar-refractivity contribution in [1.82, 2.24) is 4.90 Å². The van der Waals surface area contributed by atoms with Gasteiger partial charge in [-0.05, 0) is 36.0 Å². The molecule has 2 atom stereocenters. The van der Waals surface area contributed by atoms with E-state index in [9.17, 15) is 5.11 Å². The summed E-state index contributed by atoms with van der Waals surface area (Å²) in [5, 5.41) is 13.5. The van der Waals surface area contributed by atoms with E-state index in [0.717, 1.165) is 12.1 Å². The van der Waals surface area contributed by atoms with Crippen LogP contribution in [-0.2, 0) is 0 Å². The largest absolute Gasteiger partial charge is 0.388 e. The number of hydrogen-bond donors (Lipinski definition) is 1. The lowest BCUT2D eigenvalue weighted by Crippen LogP contribution is -2.25. The Morgan fingerprint density at radius 1 is 0.826 bits per heavy atom. The Kier molecular flexibility index (Phi) is 4.75. The normalized spacial score (nSPS) is 14.1. The first-order valence-electron chi connectivity index (χ1n) is 8.02. The third-order valence-corrected chi connectivity index (χ3v) is 4.31. The zero-order chi connectivity index (χ0) is 16.2. The molecule has 3 rings (SSSR count). The molecule has 0 saturated carbocycles. The summed E-state index contributed by atoms with van der Waals surface area (Å²) >= 11 is 0. The standard InChI is InChI=1S/C21H23NO/c1-22(2)15-20(21(23)17-10-4-3-5-11-17)19-14-8-12-16-9-6-7-13-18(16)19/h3-14,20-21,23H,15H2,1-2H3/t20-,21+/m1/s1. The molecule has 118 valence electrons. The highest BCUT2D eigenvalue weighted by atomic mass is 16.3. The van der Waals surface area contributed by atoms with Crippen molar-refractivity contribution in [2.75, 3.05) is 20.6 Å². The monoisotopic (exact) mass is 305 g/mol. The van der Waals surface area contributed by atoms with Crippen LogP contribution in [0.5, 0.6) is 0 Å². The molecule has 0 unspecified atom stereocenters. The van der Waals surface area contributed by atoms with E-state index in [4.69, 9.17) is 0 Å². The van der Waals surface area contributed by atoms with E-state index < -0.39 is 6.10 Å². The van der Waals surface area contributed by atoms with Gasteiger partial charge in [0.05, 0.1) is 6.10 Å². The van der Waals surface area contributed by atoms with Gasteiger partial charge in [0.25, 0.3) is 0 Å². The van der Waals surface area contributed by atoms with Crippen molar-refractivity contribution < 1.29 is 5.11 Å². The van der Waals surface area contributed by atoms with Crippen LogP contribution in [0.4, 0.5) is 0 Å². The van der Waals surface area contributed by atoms with Crippen LogP contribution in [-0.4, -0.2) is 30.6 Å². The molecule has 0 radical (unpaired) electrons. The molecule has 0 spiro atoms. The smallest absolute Gasteiger partial charge is 0.0871 e. The SMILES string of the molecule is CN(C)C[C@H](c1cccc2ccccc12)[C@@H](O)c1ccccc1. The summed E-state index contributed by atoms with van der Waals surface area (Å²) in [4.78, 5) is 2.14. The average Bonchev–Trinajstić information content (AvgIpc) is 2.59. The number of benzene rings is 3. The van der Waals surface area contributed by atoms with Crippen LogP contribution in [0, 0.1) is 0 Å². The highest BCUT2D eigenvalue weighted by molar-refractivity contribution is 5.86. The van der Waals surface area contributed by atoms with E-state index in [1.54, 1.807) is 0 Å². The van der Waals surface area contributed by atoms with Crippen molar-refractivity contribution in [2.24, 2.45) is 0 Å². The van der Waals surface area contributed by atoms with E-state index >= 15 is 0 Å². The number of rotatable bonds is 5. The van der Waals surface area contributed by atoms with E-state index in [2.05, 4.69) is 61.5 Å². The van der Waals surface area contributed by atoms with Crippen molar-refractivity contribution >= 4 is 10.8 Å². The van der Waals surface area contributed by atoms with Crippen LogP contribution in [0.1, 0.15) is 23.1 Å². The highest BCUT2D eigenvalue weighted by Gasteiger charge is 2.24. The Hall–Kier alpha value is -2.16. The molecule has 0 bridgehead atoms. The summed E-state index contributed by atoms with van der Waals surface area (Å²) in [5.41, 5.74) is 2.17. The Morgan fingerprint density at radius 2 is 1.48 bits per heavy atom. The summed E-state index contributed by atoms with van der Waals surface area (Å²) < 4.78 is 0. The molecular weight excluding hydrogens is 282 g/mol. The predicted molar refractivity (Wildman–Crippen MR) is 96.6 cm³/mol. The molecular formula is C21H23NO. The maximum absolute atomic E-state index is 11.0. The lowest BCUT2D eigenvalue weighted by molar-refractivity contribution is 0.129. The van der Waals surface area contributed by atoms with Gasteiger partial charge in [0.1, 0.15) is 0 Å². The van der Waals surface area contributed by atoms with Gasteiger partial charge >= 0.3 is 0 Å². The lowest BCUT2D eigenvalue weighted by atomic mass is 9.86. The minimum absolute atomic E-state index is 0.0264. The van der Waals surface area contributed by atoms with Gasteiger partial charge in [-0.3, -0.25) is 0 Å². The van der Waals surface area contributed by atoms with Crippen molar-refractivity contribution in [3.05, 3.63) is 83.9 Å². The summed E-state index contributed by atoms with van der Waals surface area (Å²) in [7, 11) is 4.10. The minimum atomic E-state index is -0.524. The number of nitrogens with zero attached hydrogens (tertiary/aromatic N) is 1. The minimum Gasteiger partial charge on any atom is -0.388 e. The van der Waals surface area contributed by atoms with Gasteiger partial charge in [-0.25, -0.2) is 0 Å². The summed E-state index contributed by atoms with van der Waals surface area (Å²) in [6.45, 7) is 0.796. The van der Waals surface area contributed by atoms with Gasteiger partial charge in [0, 0.05) is 12.5 Å². The third kappa shape index (κ3) is 3.44. The molecule has 0 aliphatic carbocycles. The fraction of sp³-hybridized carbons (Fsp3) is 0.238. The van der Waals surface area contributed by atoms with E-state index in [1.807, 2.05) is 30.3 Å². The van der Waals surface area contributed by atoms with Crippen molar-refractivity contribution in [2.45, 2.75) is 12.0 Å². The first-order chi connectivity index (χ1) is 11.2. The van der Waals surface area contributed by atoms with Crippen LogP contribution in [0.3, 0.4) is 0 Å².